The van der Waals surface area contributed by atoms with Crippen molar-refractivity contribution < 1.29 is 0 Å². The summed E-state index contributed by atoms with van der Waals surface area (Å²) in [6, 6.07) is 2.55. The third-order valence-corrected chi connectivity index (χ3v) is 4.46. The van der Waals surface area contributed by atoms with Gasteiger partial charge >= 0.3 is 0 Å². The van der Waals surface area contributed by atoms with Crippen molar-refractivity contribution in [2.45, 2.75) is 44.6 Å². The summed E-state index contributed by atoms with van der Waals surface area (Å²) >= 11 is 0. The van der Waals surface area contributed by atoms with E-state index in [1.165, 1.54) is 45.2 Å². The summed E-state index contributed by atoms with van der Waals surface area (Å²) in [6.07, 6.45) is 6.40. The Kier molecular flexibility index (Phi) is 4.06. The van der Waals surface area contributed by atoms with Gasteiger partial charge in [-0.3, -0.25) is 0 Å². The van der Waals surface area contributed by atoms with Gasteiger partial charge in [0, 0.05) is 13.1 Å². The Morgan fingerprint density at radius 1 is 1.41 bits per heavy atom. The third-order valence-electron chi connectivity index (χ3n) is 4.46. The van der Waals surface area contributed by atoms with E-state index in [-0.39, 0.29) is 5.54 Å². The van der Waals surface area contributed by atoms with Crippen LogP contribution in [0.15, 0.2) is 0 Å². The van der Waals surface area contributed by atoms with Gasteiger partial charge in [0.25, 0.3) is 0 Å². The van der Waals surface area contributed by atoms with Crippen molar-refractivity contribution in [2.24, 2.45) is 11.8 Å². The van der Waals surface area contributed by atoms with Crippen LogP contribution in [0.2, 0.25) is 0 Å². The van der Waals surface area contributed by atoms with Gasteiger partial charge in [0.2, 0.25) is 0 Å². The van der Waals surface area contributed by atoms with Crippen molar-refractivity contribution in [3.63, 3.8) is 0 Å². The van der Waals surface area contributed by atoms with Crippen LogP contribution >= 0.6 is 0 Å². The van der Waals surface area contributed by atoms with Gasteiger partial charge in [0.15, 0.2) is 0 Å². The van der Waals surface area contributed by atoms with Crippen LogP contribution in [0.3, 0.4) is 0 Å². The standard InChI is InChI=1S/C14H25N3/c1-3-4-12-7-8-17(9-12)11-14(10-15,16-2)13-5-6-13/h12-13,16H,3-9,11H2,1-2H3. The minimum atomic E-state index is -0.277. The van der Waals surface area contributed by atoms with Crippen molar-refractivity contribution in [3.8, 4) is 6.07 Å². The molecule has 2 rings (SSSR count). The topological polar surface area (TPSA) is 39.1 Å². The van der Waals surface area contributed by atoms with Gasteiger partial charge in [-0.2, -0.15) is 5.26 Å². The van der Waals surface area contributed by atoms with Crippen molar-refractivity contribution in [1.82, 2.24) is 10.2 Å². The molecule has 17 heavy (non-hydrogen) atoms. The summed E-state index contributed by atoms with van der Waals surface area (Å²) in [5.41, 5.74) is -0.277. The van der Waals surface area contributed by atoms with E-state index in [0.717, 1.165) is 12.5 Å². The maximum atomic E-state index is 9.48. The first kappa shape index (κ1) is 12.9. The molecule has 0 radical (unpaired) electrons. The predicted molar refractivity (Wildman–Crippen MR) is 69.6 cm³/mol. The number of likely N-dealkylation sites (tertiary alicyclic amines) is 1. The molecule has 2 atom stereocenters. The van der Waals surface area contributed by atoms with Crippen LogP contribution in [0.25, 0.3) is 0 Å². The molecule has 0 aromatic heterocycles. The minimum Gasteiger partial charge on any atom is -0.301 e. The fourth-order valence-corrected chi connectivity index (χ4v) is 3.22. The van der Waals surface area contributed by atoms with Crippen LogP contribution in [-0.2, 0) is 0 Å². The second-order valence-electron chi connectivity index (χ2n) is 5.79. The highest BCUT2D eigenvalue weighted by atomic mass is 15.2. The molecule has 0 bridgehead atoms. The largest absolute Gasteiger partial charge is 0.301 e. The van der Waals surface area contributed by atoms with E-state index in [4.69, 9.17) is 0 Å². The summed E-state index contributed by atoms with van der Waals surface area (Å²) in [4.78, 5) is 2.50. The fourth-order valence-electron chi connectivity index (χ4n) is 3.22. The first-order valence-electron chi connectivity index (χ1n) is 7.06. The Hall–Kier alpha value is -0.590. The molecular formula is C14H25N3. The Labute approximate surface area is 105 Å². The van der Waals surface area contributed by atoms with Gasteiger partial charge in [-0.05, 0) is 51.1 Å². The highest BCUT2D eigenvalue weighted by Gasteiger charge is 2.46. The average Bonchev–Trinajstić information content (AvgIpc) is 3.11. The molecule has 1 saturated heterocycles. The number of nitrogens with zero attached hydrogens (tertiary/aromatic N) is 2. The van der Waals surface area contributed by atoms with Crippen molar-refractivity contribution in [1.29, 1.82) is 5.26 Å². The van der Waals surface area contributed by atoms with Crippen LogP contribution in [0.5, 0.6) is 0 Å². The molecule has 2 aliphatic rings. The van der Waals surface area contributed by atoms with E-state index in [2.05, 4.69) is 23.2 Å². The highest BCUT2D eigenvalue weighted by Crippen LogP contribution is 2.40. The Balaban J connectivity index is 1.89. The van der Waals surface area contributed by atoms with E-state index in [9.17, 15) is 5.26 Å². The zero-order valence-corrected chi connectivity index (χ0v) is 11.2. The monoisotopic (exact) mass is 235 g/mol. The maximum Gasteiger partial charge on any atom is 0.122 e. The molecule has 3 nitrogen and oxygen atoms in total. The first-order valence-corrected chi connectivity index (χ1v) is 7.06. The lowest BCUT2D eigenvalue weighted by Gasteiger charge is -2.31. The van der Waals surface area contributed by atoms with Crippen LogP contribution < -0.4 is 5.32 Å². The SMILES string of the molecule is CCCC1CCN(CC(C#N)(NC)C2CC2)C1. The van der Waals surface area contributed by atoms with Gasteiger partial charge in [-0.25, -0.2) is 0 Å². The van der Waals surface area contributed by atoms with Gasteiger partial charge in [0.05, 0.1) is 6.07 Å². The predicted octanol–water partition coefficient (Wildman–Crippen LogP) is 2.00. The molecule has 0 amide bonds. The van der Waals surface area contributed by atoms with Crippen molar-refractivity contribution >= 4 is 0 Å². The second-order valence-corrected chi connectivity index (χ2v) is 5.79. The molecule has 1 aliphatic carbocycles. The molecule has 1 saturated carbocycles. The summed E-state index contributed by atoms with van der Waals surface area (Å²) < 4.78 is 0. The summed E-state index contributed by atoms with van der Waals surface area (Å²) in [5, 5.41) is 12.8. The Morgan fingerprint density at radius 3 is 2.71 bits per heavy atom. The van der Waals surface area contributed by atoms with E-state index in [0.29, 0.717) is 5.92 Å². The molecule has 1 N–H and O–H groups in total. The smallest absolute Gasteiger partial charge is 0.122 e. The molecule has 1 aliphatic heterocycles. The third kappa shape index (κ3) is 2.81. The average molecular weight is 235 g/mol. The van der Waals surface area contributed by atoms with Crippen LogP contribution in [0, 0.1) is 23.2 Å². The zero-order valence-electron chi connectivity index (χ0n) is 11.2. The van der Waals surface area contributed by atoms with Crippen LogP contribution in [0.1, 0.15) is 39.0 Å². The van der Waals surface area contributed by atoms with E-state index >= 15 is 0 Å². The van der Waals surface area contributed by atoms with Crippen molar-refractivity contribution in [3.05, 3.63) is 0 Å². The lowest BCUT2D eigenvalue weighted by atomic mass is 9.94. The number of nitrogens with one attached hydrogen (secondary N) is 1. The fraction of sp³-hybridized carbons (Fsp3) is 0.929. The Bertz CT molecular complexity index is 292. The molecule has 0 aromatic rings. The second kappa shape index (κ2) is 5.37. The van der Waals surface area contributed by atoms with E-state index < -0.39 is 0 Å². The number of rotatable bonds is 6. The molecule has 2 fully saturated rings. The number of hydrogen-bond donors (Lipinski definition) is 1. The van der Waals surface area contributed by atoms with Gasteiger partial charge in [-0.15, -0.1) is 0 Å². The van der Waals surface area contributed by atoms with Gasteiger partial charge in [0.1, 0.15) is 5.54 Å². The molecule has 3 heteroatoms. The van der Waals surface area contributed by atoms with E-state index in [1.54, 1.807) is 0 Å². The molecule has 1 heterocycles. The van der Waals surface area contributed by atoms with Gasteiger partial charge < -0.3 is 10.2 Å². The van der Waals surface area contributed by atoms with Crippen molar-refractivity contribution in [2.75, 3.05) is 26.7 Å². The summed E-state index contributed by atoms with van der Waals surface area (Å²) in [6.45, 7) is 5.57. The lowest BCUT2D eigenvalue weighted by molar-refractivity contribution is 0.230. The first-order chi connectivity index (χ1) is 8.24. The molecular weight excluding hydrogens is 210 g/mol. The number of nitriles is 1. The maximum absolute atomic E-state index is 9.48. The normalized spacial score (nSPS) is 28.9. The Morgan fingerprint density at radius 2 is 2.18 bits per heavy atom. The minimum absolute atomic E-state index is 0.277. The zero-order chi connectivity index (χ0) is 12.3. The molecule has 96 valence electrons. The lowest BCUT2D eigenvalue weighted by Crippen LogP contribution is -2.52. The molecule has 2 unspecified atom stereocenters. The van der Waals surface area contributed by atoms with Crippen LogP contribution in [-0.4, -0.2) is 37.1 Å². The number of hydrogen-bond acceptors (Lipinski definition) is 3. The summed E-state index contributed by atoms with van der Waals surface area (Å²) in [5.74, 6) is 1.45. The number of likely N-dealkylation sites (N-methyl/N-ethyl adjacent to an activating group) is 1. The quantitative estimate of drug-likeness (QED) is 0.765. The molecule has 0 aromatic carbocycles. The molecule has 0 spiro atoms. The van der Waals surface area contributed by atoms with Crippen LogP contribution in [0.4, 0.5) is 0 Å². The summed E-state index contributed by atoms with van der Waals surface area (Å²) in [7, 11) is 1.95. The van der Waals surface area contributed by atoms with E-state index in [1.807, 2.05) is 7.05 Å². The van der Waals surface area contributed by atoms with Gasteiger partial charge in [-0.1, -0.05) is 13.3 Å². The highest BCUT2D eigenvalue weighted by molar-refractivity contribution is 5.16.